The number of aromatic amines is 1. The second kappa shape index (κ2) is 7.94. The number of likely N-dealkylation sites (tertiary alicyclic amines) is 1. The highest BCUT2D eigenvalue weighted by Crippen LogP contribution is 2.17. The molecule has 0 aliphatic carbocycles. The highest BCUT2D eigenvalue weighted by Gasteiger charge is 2.23. The van der Waals surface area contributed by atoms with Gasteiger partial charge in [-0.3, -0.25) is 19.6 Å². The van der Waals surface area contributed by atoms with Crippen molar-refractivity contribution in [3.63, 3.8) is 0 Å². The van der Waals surface area contributed by atoms with Crippen LogP contribution in [0.5, 0.6) is 0 Å². The van der Waals surface area contributed by atoms with E-state index >= 15 is 0 Å². The number of H-pyrrole nitrogens is 1. The predicted molar refractivity (Wildman–Crippen MR) is 106 cm³/mol. The fourth-order valence-corrected chi connectivity index (χ4v) is 4.23. The van der Waals surface area contributed by atoms with Crippen LogP contribution in [-0.2, 0) is 6.54 Å². The molecule has 7 heteroatoms. The number of thiophene rings is 1. The third-order valence-corrected chi connectivity index (χ3v) is 5.64. The van der Waals surface area contributed by atoms with Gasteiger partial charge in [-0.05, 0) is 43.0 Å². The molecule has 27 heavy (non-hydrogen) atoms. The quantitative estimate of drug-likeness (QED) is 0.713. The lowest BCUT2D eigenvalue weighted by Crippen LogP contribution is -2.47. The van der Waals surface area contributed by atoms with E-state index in [1.807, 2.05) is 30.3 Å². The van der Waals surface area contributed by atoms with Gasteiger partial charge in [0.25, 0.3) is 11.5 Å². The van der Waals surface area contributed by atoms with E-state index in [9.17, 15) is 9.59 Å². The molecule has 0 unspecified atom stereocenters. The second-order valence-corrected chi connectivity index (χ2v) is 7.84. The highest BCUT2D eigenvalue weighted by molar-refractivity contribution is 7.09. The molecule has 2 aromatic heterocycles. The summed E-state index contributed by atoms with van der Waals surface area (Å²) in [5.74, 6) is -0.232. The van der Waals surface area contributed by atoms with Crippen LogP contribution in [0.4, 0.5) is 0 Å². The summed E-state index contributed by atoms with van der Waals surface area (Å²) in [6.45, 7) is 2.80. The maximum absolute atomic E-state index is 12.6. The molecule has 1 atom stereocenters. The molecule has 1 aliphatic heterocycles. The minimum absolute atomic E-state index is 0.0924. The van der Waals surface area contributed by atoms with Crippen molar-refractivity contribution >= 4 is 17.2 Å². The van der Waals surface area contributed by atoms with Crippen molar-refractivity contribution in [2.75, 3.05) is 13.1 Å². The first kappa shape index (κ1) is 17.8. The number of rotatable bonds is 5. The van der Waals surface area contributed by atoms with Crippen LogP contribution in [0.15, 0.2) is 58.7 Å². The number of hydrogen-bond acceptors (Lipinski definition) is 4. The van der Waals surface area contributed by atoms with Gasteiger partial charge in [-0.25, -0.2) is 4.68 Å². The smallest absolute Gasteiger partial charge is 0.271 e. The largest absolute Gasteiger partial charge is 0.347 e. The van der Waals surface area contributed by atoms with Gasteiger partial charge in [0.15, 0.2) is 0 Å². The van der Waals surface area contributed by atoms with Crippen molar-refractivity contribution < 1.29 is 4.79 Å². The molecule has 4 rings (SSSR count). The van der Waals surface area contributed by atoms with E-state index in [-0.39, 0.29) is 17.5 Å². The third kappa shape index (κ3) is 4.20. The predicted octanol–water partition coefficient (Wildman–Crippen LogP) is 2.62. The van der Waals surface area contributed by atoms with Crippen LogP contribution in [0.25, 0.3) is 5.69 Å². The molecule has 1 saturated heterocycles. The minimum Gasteiger partial charge on any atom is -0.347 e. The minimum atomic E-state index is -0.241. The number of amides is 1. The van der Waals surface area contributed by atoms with Crippen molar-refractivity contribution in [3.8, 4) is 5.69 Å². The first-order valence-electron chi connectivity index (χ1n) is 9.12. The molecule has 6 nitrogen and oxygen atoms in total. The molecule has 0 saturated carbocycles. The van der Waals surface area contributed by atoms with E-state index in [2.05, 4.69) is 32.8 Å². The van der Waals surface area contributed by atoms with Crippen LogP contribution >= 0.6 is 11.3 Å². The fraction of sp³-hybridized carbons (Fsp3) is 0.300. The summed E-state index contributed by atoms with van der Waals surface area (Å²) >= 11 is 1.76. The van der Waals surface area contributed by atoms with Crippen molar-refractivity contribution in [1.82, 2.24) is 20.0 Å². The van der Waals surface area contributed by atoms with E-state index in [0.717, 1.165) is 32.5 Å². The van der Waals surface area contributed by atoms with Gasteiger partial charge in [-0.2, -0.15) is 0 Å². The SMILES string of the molecule is O=C(N[C@H]1CCCN(Cc2cccs2)C1)c1cc(=O)n(-c2ccccc2)[nH]1. The first-order chi connectivity index (χ1) is 13.2. The number of nitrogens with zero attached hydrogens (tertiary/aromatic N) is 2. The van der Waals surface area contributed by atoms with Crippen LogP contribution in [0, 0.1) is 0 Å². The molecule has 3 heterocycles. The Balaban J connectivity index is 1.41. The maximum Gasteiger partial charge on any atom is 0.271 e. The van der Waals surface area contributed by atoms with Crippen molar-refractivity contribution in [2.45, 2.75) is 25.4 Å². The molecular formula is C20H22N4O2S. The lowest BCUT2D eigenvalue weighted by atomic mass is 10.1. The van der Waals surface area contributed by atoms with E-state index in [1.54, 1.807) is 11.3 Å². The summed E-state index contributed by atoms with van der Waals surface area (Å²) in [4.78, 5) is 28.5. The topological polar surface area (TPSA) is 70.1 Å². The normalized spacial score (nSPS) is 17.7. The first-order valence-corrected chi connectivity index (χ1v) is 10.00. The average molecular weight is 382 g/mol. The van der Waals surface area contributed by atoms with Crippen LogP contribution in [0.3, 0.4) is 0 Å². The summed E-state index contributed by atoms with van der Waals surface area (Å²) in [5.41, 5.74) is 0.759. The Morgan fingerprint density at radius 2 is 2.07 bits per heavy atom. The lowest BCUT2D eigenvalue weighted by molar-refractivity contribution is 0.0895. The van der Waals surface area contributed by atoms with Crippen molar-refractivity contribution in [1.29, 1.82) is 0 Å². The summed E-state index contributed by atoms with van der Waals surface area (Å²) < 4.78 is 1.39. The summed E-state index contributed by atoms with van der Waals surface area (Å²) in [6.07, 6.45) is 2.01. The molecule has 3 aromatic rings. The zero-order valence-corrected chi connectivity index (χ0v) is 15.7. The van der Waals surface area contributed by atoms with Crippen LogP contribution in [0.1, 0.15) is 28.2 Å². The van der Waals surface area contributed by atoms with E-state index in [4.69, 9.17) is 0 Å². The zero-order valence-electron chi connectivity index (χ0n) is 14.9. The number of carbonyl (C=O) groups is 1. The van der Waals surface area contributed by atoms with E-state index in [1.165, 1.54) is 15.6 Å². The fourth-order valence-electron chi connectivity index (χ4n) is 3.48. The molecule has 1 amide bonds. The molecule has 2 N–H and O–H groups in total. The monoisotopic (exact) mass is 382 g/mol. The molecule has 1 fully saturated rings. The standard InChI is InChI=1S/C20H22N4O2S/c25-19-12-18(22-24(19)16-7-2-1-3-8-16)20(26)21-15-6-4-10-23(13-15)14-17-9-5-11-27-17/h1-3,5,7-9,11-12,15,22H,4,6,10,13-14H2,(H,21,26)/t15-/m0/s1. The summed E-state index contributed by atoms with van der Waals surface area (Å²) in [5, 5.41) is 8.08. The molecule has 1 aliphatic rings. The van der Waals surface area contributed by atoms with E-state index < -0.39 is 0 Å². The Labute approximate surface area is 161 Å². The number of benzene rings is 1. The Kier molecular flexibility index (Phi) is 5.22. The van der Waals surface area contributed by atoms with Gasteiger partial charge in [-0.15, -0.1) is 11.3 Å². The second-order valence-electron chi connectivity index (χ2n) is 6.81. The van der Waals surface area contributed by atoms with Crippen LogP contribution in [0.2, 0.25) is 0 Å². The Morgan fingerprint density at radius 1 is 1.22 bits per heavy atom. The number of para-hydroxylation sites is 1. The van der Waals surface area contributed by atoms with Gasteiger partial charge < -0.3 is 5.32 Å². The molecule has 140 valence electrons. The number of piperidine rings is 1. The summed E-state index contributed by atoms with van der Waals surface area (Å²) in [7, 11) is 0. The van der Waals surface area contributed by atoms with Gasteiger partial charge in [0.05, 0.1) is 5.69 Å². The van der Waals surface area contributed by atoms with Crippen molar-refractivity contribution in [3.05, 3.63) is 74.8 Å². The van der Waals surface area contributed by atoms with Gasteiger partial charge in [0.1, 0.15) is 5.69 Å². The Bertz CT molecular complexity index is 946. The molecule has 0 spiro atoms. The van der Waals surface area contributed by atoms with E-state index in [0.29, 0.717) is 11.4 Å². The Morgan fingerprint density at radius 3 is 2.85 bits per heavy atom. The zero-order chi connectivity index (χ0) is 18.6. The number of aromatic nitrogens is 2. The number of hydrogen-bond donors (Lipinski definition) is 2. The molecule has 0 radical (unpaired) electrons. The average Bonchev–Trinajstić information content (AvgIpc) is 3.32. The molecule has 0 bridgehead atoms. The number of nitrogens with one attached hydrogen (secondary N) is 2. The van der Waals surface area contributed by atoms with Gasteiger partial charge in [0, 0.05) is 30.1 Å². The van der Waals surface area contributed by atoms with Gasteiger partial charge in [-0.1, -0.05) is 24.3 Å². The number of carbonyl (C=O) groups excluding carboxylic acids is 1. The van der Waals surface area contributed by atoms with Crippen LogP contribution in [-0.4, -0.2) is 39.7 Å². The third-order valence-electron chi connectivity index (χ3n) is 4.78. The van der Waals surface area contributed by atoms with Crippen molar-refractivity contribution in [2.24, 2.45) is 0 Å². The lowest BCUT2D eigenvalue weighted by Gasteiger charge is -2.32. The maximum atomic E-state index is 12.6. The van der Waals surface area contributed by atoms with Gasteiger partial charge in [0.2, 0.25) is 0 Å². The van der Waals surface area contributed by atoms with Gasteiger partial charge >= 0.3 is 0 Å². The van der Waals surface area contributed by atoms with Crippen LogP contribution < -0.4 is 10.9 Å². The highest BCUT2D eigenvalue weighted by atomic mass is 32.1. The Hall–Kier alpha value is -2.64. The molecule has 1 aromatic carbocycles. The summed E-state index contributed by atoms with van der Waals surface area (Å²) in [6, 6.07) is 14.9. The molecular weight excluding hydrogens is 360 g/mol.